The monoisotopic (exact) mass is 486 g/mol. The Kier molecular flexibility index (Phi) is 7.29. The minimum absolute atomic E-state index is 0.345. The van der Waals surface area contributed by atoms with Crippen LogP contribution >= 0.6 is 11.6 Å². The predicted molar refractivity (Wildman–Crippen MR) is 134 cm³/mol. The molecule has 174 valence electrons. The average molecular weight is 487 g/mol. The molecule has 1 amide bonds. The highest BCUT2D eigenvalue weighted by molar-refractivity contribution is 7.92. The minimum atomic E-state index is -3.68. The van der Waals surface area contributed by atoms with Crippen molar-refractivity contribution in [2.75, 3.05) is 17.1 Å². The Labute approximate surface area is 199 Å². The molecule has 7 nitrogen and oxygen atoms in total. The maximum Gasteiger partial charge on any atom is 0.260 e. The van der Waals surface area contributed by atoms with Gasteiger partial charge >= 0.3 is 0 Å². The van der Waals surface area contributed by atoms with E-state index >= 15 is 0 Å². The summed E-state index contributed by atoms with van der Waals surface area (Å²) in [5.41, 5.74) is 9.12. The fourth-order valence-electron chi connectivity index (χ4n) is 3.53. The van der Waals surface area contributed by atoms with Gasteiger partial charge in [0.25, 0.3) is 5.91 Å². The summed E-state index contributed by atoms with van der Waals surface area (Å²) in [6, 6.07) is 14.5. The summed E-state index contributed by atoms with van der Waals surface area (Å²) in [5, 5.41) is 4.52. The normalized spacial score (nSPS) is 11.7. The van der Waals surface area contributed by atoms with Gasteiger partial charge in [0, 0.05) is 27.7 Å². The predicted octanol–water partition coefficient (Wildman–Crippen LogP) is 4.28. The highest BCUT2D eigenvalue weighted by atomic mass is 35.5. The Morgan fingerprint density at radius 1 is 1.06 bits per heavy atom. The maximum atomic E-state index is 12.4. The number of amides is 1. The molecule has 0 saturated heterocycles. The molecule has 1 aromatic heterocycles. The Bertz CT molecular complexity index is 1310. The van der Waals surface area contributed by atoms with E-state index < -0.39 is 22.5 Å². The molecule has 1 heterocycles. The Morgan fingerprint density at radius 2 is 1.73 bits per heavy atom. The van der Waals surface area contributed by atoms with E-state index in [9.17, 15) is 13.2 Å². The summed E-state index contributed by atoms with van der Waals surface area (Å²) in [5.74, 6) is -0.561. The molecule has 0 atom stereocenters. The first-order valence-electron chi connectivity index (χ1n) is 10.3. The molecular formula is C24H27ClN4O3S. The van der Waals surface area contributed by atoms with Crippen molar-refractivity contribution in [1.29, 1.82) is 0 Å². The van der Waals surface area contributed by atoms with Gasteiger partial charge in [0.1, 0.15) is 6.54 Å². The first-order valence-corrected chi connectivity index (χ1v) is 12.5. The topological polar surface area (TPSA) is 83.8 Å². The molecule has 0 radical (unpaired) electrons. The highest BCUT2D eigenvalue weighted by Gasteiger charge is 2.20. The van der Waals surface area contributed by atoms with E-state index in [0.717, 1.165) is 33.2 Å². The van der Waals surface area contributed by atoms with Crippen LogP contribution < -0.4 is 9.73 Å². The summed E-state index contributed by atoms with van der Waals surface area (Å²) >= 11 is 5.87. The maximum absolute atomic E-state index is 12.4. The number of halogens is 1. The molecule has 0 fully saturated rings. The fraction of sp³-hybridized carbons (Fsp3) is 0.250. The summed E-state index contributed by atoms with van der Waals surface area (Å²) in [6.07, 6.45) is 2.60. The van der Waals surface area contributed by atoms with E-state index in [4.69, 9.17) is 11.6 Å². The molecular weight excluding hydrogens is 460 g/mol. The number of hydrazone groups is 1. The van der Waals surface area contributed by atoms with Crippen LogP contribution in [0.25, 0.3) is 5.69 Å². The summed E-state index contributed by atoms with van der Waals surface area (Å²) in [4.78, 5) is 12.4. The van der Waals surface area contributed by atoms with Crippen molar-refractivity contribution in [1.82, 2.24) is 9.99 Å². The van der Waals surface area contributed by atoms with Crippen molar-refractivity contribution in [3.63, 3.8) is 0 Å². The molecule has 0 aliphatic rings. The lowest BCUT2D eigenvalue weighted by molar-refractivity contribution is -0.119. The summed E-state index contributed by atoms with van der Waals surface area (Å²) < 4.78 is 27.5. The average Bonchev–Trinajstić information content (AvgIpc) is 3.01. The molecule has 0 saturated carbocycles. The third kappa shape index (κ3) is 5.83. The smallest absolute Gasteiger partial charge is 0.260 e. The molecule has 2 aromatic carbocycles. The van der Waals surface area contributed by atoms with Crippen molar-refractivity contribution in [2.24, 2.45) is 5.10 Å². The lowest BCUT2D eigenvalue weighted by atomic mass is 10.1. The van der Waals surface area contributed by atoms with Gasteiger partial charge in [-0.05, 0) is 81.3 Å². The van der Waals surface area contributed by atoms with Crippen LogP contribution in [0.15, 0.2) is 53.6 Å². The molecule has 0 bridgehead atoms. The van der Waals surface area contributed by atoms with Crippen molar-refractivity contribution in [3.05, 3.63) is 81.6 Å². The molecule has 0 aliphatic carbocycles. The van der Waals surface area contributed by atoms with Crippen LogP contribution in [0.3, 0.4) is 0 Å². The molecule has 3 rings (SSSR count). The first kappa shape index (κ1) is 24.5. The zero-order valence-electron chi connectivity index (χ0n) is 19.3. The van der Waals surface area contributed by atoms with Gasteiger partial charge in [-0.3, -0.25) is 9.10 Å². The third-order valence-electron chi connectivity index (χ3n) is 5.41. The number of aromatic nitrogens is 1. The SMILES string of the molecule is Cc1ccc(-n2c(C)cc(/C=N/NC(=O)CN(c3ccc(Cl)cc3)S(C)(=O)=O)c2C)cc1C. The number of anilines is 1. The number of carbonyl (C=O) groups excluding carboxylic acids is 1. The zero-order chi connectivity index (χ0) is 24.3. The van der Waals surface area contributed by atoms with Crippen molar-refractivity contribution in [3.8, 4) is 5.69 Å². The number of hydrogen-bond acceptors (Lipinski definition) is 4. The van der Waals surface area contributed by atoms with E-state index in [1.54, 1.807) is 30.5 Å². The van der Waals surface area contributed by atoms with E-state index in [1.165, 1.54) is 11.1 Å². The molecule has 0 spiro atoms. The minimum Gasteiger partial charge on any atom is -0.318 e. The molecule has 33 heavy (non-hydrogen) atoms. The number of carbonyl (C=O) groups is 1. The van der Waals surface area contributed by atoms with Crippen molar-refractivity contribution >= 4 is 39.4 Å². The second kappa shape index (κ2) is 9.80. The van der Waals surface area contributed by atoms with Gasteiger partial charge in [0.05, 0.1) is 18.2 Å². The third-order valence-corrected chi connectivity index (χ3v) is 6.81. The standard InChI is InChI=1S/C24H27ClN4O3S/c1-16-6-9-23(12-17(16)2)29-18(3)13-20(19(29)4)14-26-27-24(30)15-28(33(5,31)32)22-10-7-21(25)8-11-22/h6-14H,15H2,1-5H3,(H,27,30)/b26-14+. The van der Waals surface area contributed by atoms with Crippen LogP contribution in [-0.4, -0.2) is 37.9 Å². The largest absolute Gasteiger partial charge is 0.318 e. The molecule has 9 heteroatoms. The van der Waals surface area contributed by atoms with Gasteiger partial charge in [-0.2, -0.15) is 5.10 Å². The highest BCUT2D eigenvalue weighted by Crippen LogP contribution is 2.22. The summed E-state index contributed by atoms with van der Waals surface area (Å²) in [6.45, 7) is 7.74. The second-order valence-corrected chi connectivity index (χ2v) is 10.3. The number of hydrogen-bond donors (Lipinski definition) is 1. The van der Waals surface area contributed by atoms with E-state index in [-0.39, 0.29) is 0 Å². The van der Waals surface area contributed by atoms with Gasteiger partial charge in [-0.1, -0.05) is 17.7 Å². The fourth-order valence-corrected chi connectivity index (χ4v) is 4.51. The zero-order valence-corrected chi connectivity index (χ0v) is 20.8. The number of aryl methyl sites for hydroxylation is 3. The quantitative estimate of drug-likeness (QED) is 0.399. The van der Waals surface area contributed by atoms with Gasteiger partial charge in [0.2, 0.25) is 10.0 Å². The Morgan fingerprint density at radius 3 is 2.33 bits per heavy atom. The van der Waals surface area contributed by atoms with Crippen LogP contribution in [0.2, 0.25) is 5.02 Å². The Balaban J connectivity index is 1.75. The van der Waals surface area contributed by atoms with E-state index in [2.05, 4.69) is 47.1 Å². The van der Waals surface area contributed by atoms with Gasteiger partial charge in [-0.15, -0.1) is 0 Å². The van der Waals surface area contributed by atoms with Crippen molar-refractivity contribution in [2.45, 2.75) is 27.7 Å². The lowest BCUT2D eigenvalue weighted by Gasteiger charge is -2.21. The van der Waals surface area contributed by atoms with E-state index in [1.807, 2.05) is 19.9 Å². The number of nitrogens with zero attached hydrogens (tertiary/aromatic N) is 3. The number of nitrogens with one attached hydrogen (secondary N) is 1. The van der Waals surface area contributed by atoms with Gasteiger partial charge in [0.15, 0.2) is 0 Å². The molecule has 0 unspecified atom stereocenters. The first-order chi connectivity index (χ1) is 15.5. The molecule has 0 aliphatic heterocycles. The van der Waals surface area contributed by atoms with Crippen LogP contribution in [0.4, 0.5) is 5.69 Å². The van der Waals surface area contributed by atoms with E-state index in [0.29, 0.717) is 10.7 Å². The number of sulfonamides is 1. The van der Waals surface area contributed by atoms with Crippen LogP contribution in [0, 0.1) is 27.7 Å². The van der Waals surface area contributed by atoms with Crippen LogP contribution in [-0.2, 0) is 14.8 Å². The summed E-state index contributed by atoms with van der Waals surface area (Å²) in [7, 11) is -3.68. The van der Waals surface area contributed by atoms with Gasteiger partial charge < -0.3 is 4.57 Å². The van der Waals surface area contributed by atoms with Crippen LogP contribution in [0.5, 0.6) is 0 Å². The molecule has 1 N–H and O–H groups in total. The number of rotatable bonds is 7. The number of benzene rings is 2. The van der Waals surface area contributed by atoms with Crippen LogP contribution in [0.1, 0.15) is 28.1 Å². The molecule has 3 aromatic rings. The van der Waals surface area contributed by atoms with Crippen molar-refractivity contribution < 1.29 is 13.2 Å². The second-order valence-electron chi connectivity index (χ2n) is 7.97. The Hall–Kier alpha value is -3.10. The van der Waals surface area contributed by atoms with Gasteiger partial charge in [-0.25, -0.2) is 13.8 Å². The lowest BCUT2D eigenvalue weighted by Crippen LogP contribution is -2.39.